The van der Waals surface area contributed by atoms with Gasteiger partial charge in [0.2, 0.25) is 5.91 Å². The van der Waals surface area contributed by atoms with Crippen LogP contribution in [0.4, 0.5) is 0 Å². The molecule has 3 aliphatic rings. The summed E-state index contributed by atoms with van der Waals surface area (Å²) in [7, 11) is 0. The molecule has 1 atom stereocenters. The van der Waals surface area contributed by atoms with E-state index in [-0.39, 0.29) is 17.9 Å². The van der Waals surface area contributed by atoms with E-state index < -0.39 is 0 Å². The van der Waals surface area contributed by atoms with E-state index in [1.165, 1.54) is 28.7 Å². The van der Waals surface area contributed by atoms with Crippen LogP contribution in [0.15, 0.2) is 12.3 Å². The van der Waals surface area contributed by atoms with Crippen LogP contribution in [0.25, 0.3) is 10.2 Å². The molecule has 2 fully saturated rings. The van der Waals surface area contributed by atoms with Crippen LogP contribution >= 0.6 is 11.3 Å². The molecule has 1 saturated carbocycles. The van der Waals surface area contributed by atoms with Gasteiger partial charge in [0.15, 0.2) is 0 Å². The molecule has 1 saturated heterocycles. The van der Waals surface area contributed by atoms with E-state index >= 15 is 0 Å². The summed E-state index contributed by atoms with van der Waals surface area (Å²) in [6.45, 7) is 6.52. The predicted octanol–water partition coefficient (Wildman–Crippen LogP) is 3.87. The summed E-state index contributed by atoms with van der Waals surface area (Å²) in [6.07, 6.45) is 9.38. The molecule has 168 valence electrons. The lowest BCUT2D eigenvalue weighted by molar-refractivity contribution is -0.121. The lowest BCUT2D eigenvalue weighted by Gasteiger charge is -2.38. The number of aromatic nitrogens is 1. The Morgan fingerprint density at radius 3 is 2.84 bits per heavy atom. The molecular weight excluding hydrogens is 410 g/mol. The molecular formula is C24H33N3O3S. The van der Waals surface area contributed by atoms with Crippen molar-refractivity contribution in [1.29, 1.82) is 0 Å². The molecule has 0 bridgehead atoms. The van der Waals surface area contributed by atoms with E-state index in [0.717, 1.165) is 62.6 Å². The Kier molecular flexibility index (Phi) is 6.44. The van der Waals surface area contributed by atoms with Crippen LogP contribution < -0.4 is 10.1 Å². The Labute approximate surface area is 188 Å². The van der Waals surface area contributed by atoms with Gasteiger partial charge in [0.25, 0.3) is 0 Å². The van der Waals surface area contributed by atoms with Gasteiger partial charge in [0, 0.05) is 43.2 Å². The number of pyridine rings is 1. The summed E-state index contributed by atoms with van der Waals surface area (Å²) in [6, 6.07) is 2.71. The van der Waals surface area contributed by atoms with Crippen LogP contribution in [0.1, 0.15) is 61.8 Å². The molecule has 3 heterocycles. The number of nitrogens with one attached hydrogen (secondary N) is 1. The first-order chi connectivity index (χ1) is 15.2. The summed E-state index contributed by atoms with van der Waals surface area (Å²) >= 11 is 1.78. The third kappa shape index (κ3) is 4.45. The Hall–Kier alpha value is -1.70. The second-order valence-corrected chi connectivity index (χ2v) is 10.1. The van der Waals surface area contributed by atoms with Crippen molar-refractivity contribution >= 4 is 27.5 Å². The van der Waals surface area contributed by atoms with E-state index in [4.69, 9.17) is 9.47 Å². The summed E-state index contributed by atoms with van der Waals surface area (Å²) in [5.41, 5.74) is 1.33. The molecule has 0 unspecified atom stereocenters. The van der Waals surface area contributed by atoms with Crippen LogP contribution in [-0.2, 0) is 16.0 Å². The normalized spacial score (nSPS) is 26.7. The number of aryl methyl sites for hydroxylation is 1. The number of fused-ring (bicyclic) bond motifs is 3. The van der Waals surface area contributed by atoms with Gasteiger partial charge in [-0.15, -0.1) is 11.3 Å². The zero-order valence-corrected chi connectivity index (χ0v) is 19.2. The summed E-state index contributed by atoms with van der Waals surface area (Å²) in [5.74, 6) is 1.39. The van der Waals surface area contributed by atoms with E-state index in [2.05, 4.69) is 15.2 Å². The van der Waals surface area contributed by atoms with E-state index in [1.807, 2.05) is 19.2 Å². The highest BCUT2D eigenvalue weighted by molar-refractivity contribution is 7.19. The Morgan fingerprint density at radius 2 is 2.06 bits per heavy atom. The van der Waals surface area contributed by atoms with Gasteiger partial charge in [-0.25, -0.2) is 4.98 Å². The van der Waals surface area contributed by atoms with Crippen LogP contribution in [0.3, 0.4) is 0 Å². The van der Waals surface area contributed by atoms with Crippen molar-refractivity contribution in [2.45, 2.75) is 69.9 Å². The lowest BCUT2D eigenvalue weighted by Crippen LogP contribution is -2.46. The second kappa shape index (κ2) is 9.43. The van der Waals surface area contributed by atoms with Crippen molar-refractivity contribution in [2.24, 2.45) is 0 Å². The molecule has 2 aromatic rings. The largest absolute Gasteiger partial charge is 0.490 e. The van der Waals surface area contributed by atoms with Crippen molar-refractivity contribution in [3.8, 4) is 5.75 Å². The standard InChI is InChI=1S/C24H33N3O3S/c1-2-25-21(28)15-16-3-8-20-22(16)23-19(9-10-26-24(23)31-20)30-18-6-4-17(5-7-18)27-11-13-29-14-12-27/h9-10,16-18H,2-8,11-15H2,1H3,(H,25,28)/t16-,17-,18-/m1/s1. The monoisotopic (exact) mass is 443 g/mol. The highest BCUT2D eigenvalue weighted by Crippen LogP contribution is 2.48. The minimum Gasteiger partial charge on any atom is -0.490 e. The Morgan fingerprint density at radius 1 is 1.26 bits per heavy atom. The topological polar surface area (TPSA) is 63.7 Å². The highest BCUT2D eigenvalue weighted by Gasteiger charge is 2.32. The van der Waals surface area contributed by atoms with Gasteiger partial charge in [-0.2, -0.15) is 0 Å². The number of amides is 1. The molecule has 31 heavy (non-hydrogen) atoms. The first kappa shape index (κ1) is 21.2. The number of nitrogens with zero attached hydrogens (tertiary/aromatic N) is 2. The average molecular weight is 444 g/mol. The van der Waals surface area contributed by atoms with E-state index in [0.29, 0.717) is 19.0 Å². The van der Waals surface area contributed by atoms with Gasteiger partial charge in [-0.3, -0.25) is 9.69 Å². The first-order valence-corrected chi connectivity index (χ1v) is 12.7. The summed E-state index contributed by atoms with van der Waals surface area (Å²) < 4.78 is 12.1. The fraction of sp³-hybridized carbons (Fsp3) is 0.667. The Bertz CT molecular complexity index is 916. The van der Waals surface area contributed by atoms with E-state index in [1.54, 1.807) is 11.3 Å². The molecule has 0 spiro atoms. The molecule has 1 aliphatic heterocycles. The third-order valence-corrected chi connectivity index (χ3v) is 8.27. The molecule has 7 heteroatoms. The van der Waals surface area contributed by atoms with Crippen LogP contribution in [0.5, 0.6) is 5.75 Å². The number of hydrogen-bond acceptors (Lipinski definition) is 6. The number of thiophene rings is 1. The van der Waals surface area contributed by atoms with Gasteiger partial charge < -0.3 is 14.8 Å². The molecule has 1 amide bonds. The first-order valence-electron chi connectivity index (χ1n) is 11.9. The number of morpholine rings is 1. The minimum absolute atomic E-state index is 0.146. The maximum atomic E-state index is 12.3. The van der Waals surface area contributed by atoms with Crippen LogP contribution in [0, 0.1) is 0 Å². The van der Waals surface area contributed by atoms with Gasteiger partial charge in [-0.1, -0.05) is 0 Å². The van der Waals surface area contributed by atoms with Crippen LogP contribution in [-0.4, -0.2) is 60.8 Å². The number of rotatable bonds is 6. The number of carbonyl (C=O) groups is 1. The number of carbonyl (C=O) groups excluding carboxylic acids is 1. The lowest BCUT2D eigenvalue weighted by atomic mass is 9.91. The van der Waals surface area contributed by atoms with Crippen molar-refractivity contribution in [1.82, 2.24) is 15.2 Å². The summed E-state index contributed by atoms with van der Waals surface area (Å²) in [5, 5.41) is 4.13. The predicted molar refractivity (Wildman–Crippen MR) is 123 cm³/mol. The van der Waals surface area contributed by atoms with Crippen molar-refractivity contribution in [2.75, 3.05) is 32.8 Å². The van der Waals surface area contributed by atoms with Crippen LogP contribution in [0.2, 0.25) is 0 Å². The molecule has 5 rings (SSSR count). The van der Waals surface area contributed by atoms with Crippen molar-refractivity contribution in [3.63, 3.8) is 0 Å². The quantitative estimate of drug-likeness (QED) is 0.734. The van der Waals surface area contributed by atoms with Crippen molar-refractivity contribution in [3.05, 3.63) is 22.7 Å². The van der Waals surface area contributed by atoms with Gasteiger partial charge in [0.05, 0.1) is 24.7 Å². The fourth-order valence-corrected chi connectivity index (χ4v) is 6.83. The van der Waals surface area contributed by atoms with Gasteiger partial charge in [-0.05, 0) is 63.0 Å². The number of hydrogen-bond donors (Lipinski definition) is 1. The second-order valence-electron chi connectivity index (χ2n) is 9.02. The molecule has 0 radical (unpaired) electrons. The molecule has 2 aliphatic carbocycles. The maximum absolute atomic E-state index is 12.3. The molecule has 6 nitrogen and oxygen atoms in total. The number of ether oxygens (including phenoxy) is 2. The average Bonchev–Trinajstić information content (AvgIpc) is 3.35. The highest BCUT2D eigenvalue weighted by atomic mass is 32.1. The zero-order chi connectivity index (χ0) is 21.2. The minimum atomic E-state index is 0.146. The zero-order valence-electron chi connectivity index (χ0n) is 18.4. The van der Waals surface area contributed by atoms with E-state index in [9.17, 15) is 4.79 Å². The molecule has 2 aromatic heterocycles. The van der Waals surface area contributed by atoms with Gasteiger partial charge in [0.1, 0.15) is 10.6 Å². The summed E-state index contributed by atoms with van der Waals surface area (Å²) in [4.78, 5) is 22.0. The fourth-order valence-electron chi connectivity index (χ4n) is 5.58. The van der Waals surface area contributed by atoms with Crippen molar-refractivity contribution < 1.29 is 14.3 Å². The molecule has 0 aromatic carbocycles. The SMILES string of the molecule is CCNC(=O)C[C@H]1CCc2sc3nccc(O[C@H]4CC[C@H](N5CCOCC5)CC4)c3c21. The third-order valence-electron chi connectivity index (χ3n) is 7.10. The molecule has 1 N–H and O–H groups in total. The maximum Gasteiger partial charge on any atom is 0.220 e. The van der Waals surface area contributed by atoms with Gasteiger partial charge >= 0.3 is 0 Å². The smallest absolute Gasteiger partial charge is 0.220 e. The Balaban J connectivity index is 1.30.